The summed E-state index contributed by atoms with van der Waals surface area (Å²) in [6.07, 6.45) is 0. The molecule has 0 aliphatic rings. The van der Waals surface area contributed by atoms with Gasteiger partial charge in [-0.05, 0) is 41.8 Å². The Hall–Kier alpha value is -3.17. The van der Waals surface area contributed by atoms with Gasteiger partial charge in [0.2, 0.25) is 0 Å². The van der Waals surface area contributed by atoms with Crippen molar-refractivity contribution in [3.05, 3.63) is 77.2 Å². The van der Waals surface area contributed by atoms with Gasteiger partial charge in [-0.3, -0.25) is 9.52 Å². The molecule has 3 rings (SSSR count). The number of hydrogen-bond donors (Lipinski definition) is 2. The third-order valence-electron chi connectivity index (χ3n) is 3.73. The molecule has 0 saturated carbocycles. The van der Waals surface area contributed by atoms with E-state index >= 15 is 0 Å². The molecule has 28 heavy (non-hydrogen) atoms. The van der Waals surface area contributed by atoms with Crippen molar-refractivity contribution in [2.45, 2.75) is 4.90 Å². The maximum absolute atomic E-state index is 12.5. The van der Waals surface area contributed by atoms with Gasteiger partial charge in [-0.15, -0.1) is 11.3 Å². The van der Waals surface area contributed by atoms with Crippen LogP contribution in [0, 0.1) is 0 Å². The topological polar surface area (TPSA) is 102 Å². The molecule has 9 heteroatoms. The van der Waals surface area contributed by atoms with Crippen molar-refractivity contribution in [1.82, 2.24) is 0 Å². The van der Waals surface area contributed by atoms with Gasteiger partial charge < -0.3 is 10.1 Å². The molecule has 1 aromatic heterocycles. The van der Waals surface area contributed by atoms with Crippen LogP contribution < -0.4 is 10.0 Å². The van der Waals surface area contributed by atoms with Gasteiger partial charge in [0, 0.05) is 11.3 Å². The summed E-state index contributed by atoms with van der Waals surface area (Å²) in [5, 5.41) is 4.66. The first-order valence-corrected chi connectivity index (χ1v) is 10.4. The van der Waals surface area contributed by atoms with Crippen LogP contribution in [0.25, 0.3) is 0 Å². The van der Waals surface area contributed by atoms with E-state index in [-0.39, 0.29) is 21.7 Å². The van der Waals surface area contributed by atoms with Crippen molar-refractivity contribution in [3.63, 3.8) is 0 Å². The molecule has 1 amide bonds. The van der Waals surface area contributed by atoms with Gasteiger partial charge in [-0.1, -0.05) is 24.3 Å². The minimum Gasteiger partial charge on any atom is -0.465 e. The molecule has 2 aromatic carbocycles. The Kier molecular flexibility index (Phi) is 5.76. The number of carbonyl (C=O) groups excluding carboxylic acids is 2. The molecule has 2 N–H and O–H groups in total. The standard InChI is InChI=1S/C19H16N2O5S2/c1-26-19(23)16-10-11-27-18(16)20-17(22)13-6-5-7-14(12-13)21-28(24,25)15-8-3-2-4-9-15/h2-12,21H,1H3,(H,20,22). The van der Waals surface area contributed by atoms with E-state index < -0.39 is 21.9 Å². The van der Waals surface area contributed by atoms with E-state index in [4.69, 9.17) is 0 Å². The maximum atomic E-state index is 12.5. The molecule has 1 heterocycles. The van der Waals surface area contributed by atoms with E-state index in [1.54, 1.807) is 47.8 Å². The van der Waals surface area contributed by atoms with Gasteiger partial charge in [0.25, 0.3) is 15.9 Å². The van der Waals surface area contributed by atoms with Gasteiger partial charge in [-0.2, -0.15) is 0 Å². The number of esters is 1. The minimum atomic E-state index is -3.77. The number of hydrogen-bond acceptors (Lipinski definition) is 6. The van der Waals surface area contributed by atoms with E-state index in [2.05, 4.69) is 14.8 Å². The van der Waals surface area contributed by atoms with Crippen LogP contribution in [0.15, 0.2) is 70.9 Å². The van der Waals surface area contributed by atoms with Gasteiger partial charge in [0.05, 0.1) is 17.6 Å². The summed E-state index contributed by atoms with van der Waals surface area (Å²) in [7, 11) is -2.51. The molecular formula is C19H16N2O5S2. The molecule has 0 radical (unpaired) electrons. The average molecular weight is 416 g/mol. The molecule has 0 aliphatic heterocycles. The second-order valence-corrected chi connectivity index (χ2v) is 8.21. The molecule has 144 valence electrons. The van der Waals surface area contributed by atoms with E-state index in [9.17, 15) is 18.0 Å². The molecule has 7 nitrogen and oxygen atoms in total. The largest absolute Gasteiger partial charge is 0.465 e. The summed E-state index contributed by atoms with van der Waals surface area (Å²) in [5.41, 5.74) is 0.732. The lowest BCUT2D eigenvalue weighted by Crippen LogP contribution is -2.15. The van der Waals surface area contributed by atoms with Gasteiger partial charge in [0.15, 0.2) is 0 Å². The predicted molar refractivity (Wildman–Crippen MR) is 107 cm³/mol. The van der Waals surface area contributed by atoms with Crippen LogP contribution in [0.5, 0.6) is 0 Å². The number of carbonyl (C=O) groups is 2. The Morgan fingerprint density at radius 2 is 1.75 bits per heavy atom. The second-order valence-electron chi connectivity index (χ2n) is 5.61. The quantitative estimate of drug-likeness (QED) is 0.598. The molecule has 3 aromatic rings. The molecule has 0 saturated heterocycles. The van der Waals surface area contributed by atoms with E-state index in [1.165, 1.54) is 36.6 Å². The number of rotatable bonds is 6. The lowest BCUT2D eigenvalue weighted by molar-refractivity contribution is 0.0602. The molecule has 0 spiro atoms. The summed E-state index contributed by atoms with van der Waals surface area (Å²) in [6, 6.07) is 15.5. The van der Waals surface area contributed by atoms with Crippen molar-refractivity contribution >= 4 is 43.9 Å². The zero-order valence-corrected chi connectivity index (χ0v) is 16.3. The minimum absolute atomic E-state index is 0.117. The number of sulfonamides is 1. The monoisotopic (exact) mass is 416 g/mol. The summed E-state index contributed by atoms with van der Waals surface area (Å²) in [5.74, 6) is -1.03. The normalized spacial score (nSPS) is 10.9. The van der Waals surface area contributed by atoms with E-state index in [0.717, 1.165) is 0 Å². The first-order valence-electron chi connectivity index (χ1n) is 8.06. The number of ether oxygens (including phenoxy) is 1. The van der Waals surface area contributed by atoms with Crippen LogP contribution in [0.2, 0.25) is 0 Å². The van der Waals surface area contributed by atoms with Gasteiger partial charge in [-0.25, -0.2) is 13.2 Å². The predicted octanol–water partition coefficient (Wildman–Crippen LogP) is 3.59. The number of anilines is 2. The number of nitrogens with one attached hydrogen (secondary N) is 2. The van der Waals surface area contributed by atoms with Crippen molar-refractivity contribution < 1.29 is 22.7 Å². The average Bonchev–Trinajstić information content (AvgIpc) is 3.16. The third kappa shape index (κ3) is 4.38. The maximum Gasteiger partial charge on any atom is 0.340 e. The number of thiophene rings is 1. The zero-order chi connectivity index (χ0) is 20.1. The van der Waals surface area contributed by atoms with Gasteiger partial charge in [0.1, 0.15) is 5.00 Å². The summed E-state index contributed by atoms with van der Waals surface area (Å²) in [4.78, 5) is 24.4. The molecule has 0 fully saturated rings. The van der Waals surface area contributed by atoms with Crippen LogP contribution in [0.4, 0.5) is 10.7 Å². The molecule has 0 atom stereocenters. The number of benzene rings is 2. The highest BCUT2D eigenvalue weighted by Gasteiger charge is 2.18. The van der Waals surface area contributed by atoms with Gasteiger partial charge >= 0.3 is 5.97 Å². The van der Waals surface area contributed by atoms with Crippen LogP contribution in [-0.2, 0) is 14.8 Å². The Morgan fingerprint density at radius 3 is 2.46 bits per heavy atom. The number of methoxy groups -OCH3 is 1. The lowest BCUT2D eigenvalue weighted by atomic mass is 10.2. The number of amides is 1. The Labute approximate surface area is 166 Å². The first kappa shape index (κ1) is 19.6. The Morgan fingerprint density at radius 1 is 1.00 bits per heavy atom. The van der Waals surface area contributed by atoms with Crippen LogP contribution in [0.3, 0.4) is 0 Å². The third-order valence-corrected chi connectivity index (χ3v) is 5.96. The van der Waals surface area contributed by atoms with Crippen LogP contribution in [-0.4, -0.2) is 27.4 Å². The molecular weight excluding hydrogens is 400 g/mol. The van der Waals surface area contributed by atoms with E-state index in [0.29, 0.717) is 5.00 Å². The summed E-state index contributed by atoms with van der Waals surface area (Å²) in [6.45, 7) is 0. The van der Waals surface area contributed by atoms with Crippen molar-refractivity contribution in [1.29, 1.82) is 0 Å². The van der Waals surface area contributed by atoms with E-state index in [1.807, 2.05) is 0 Å². The molecule has 0 unspecified atom stereocenters. The fourth-order valence-electron chi connectivity index (χ4n) is 2.39. The highest BCUT2D eigenvalue weighted by atomic mass is 32.2. The highest BCUT2D eigenvalue weighted by Crippen LogP contribution is 2.25. The summed E-state index contributed by atoms with van der Waals surface area (Å²) >= 11 is 1.18. The zero-order valence-electron chi connectivity index (χ0n) is 14.7. The van der Waals surface area contributed by atoms with Crippen molar-refractivity contribution in [2.75, 3.05) is 17.1 Å². The van der Waals surface area contributed by atoms with Crippen LogP contribution >= 0.6 is 11.3 Å². The fraction of sp³-hybridized carbons (Fsp3) is 0.0526. The second kappa shape index (κ2) is 8.24. The first-order chi connectivity index (χ1) is 13.4. The Balaban J connectivity index is 1.79. The van der Waals surface area contributed by atoms with Crippen LogP contribution in [0.1, 0.15) is 20.7 Å². The lowest BCUT2D eigenvalue weighted by Gasteiger charge is -2.10. The fourth-order valence-corrected chi connectivity index (χ4v) is 4.23. The highest BCUT2D eigenvalue weighted by molar-refractivity contribution is 7.92. The molecule has 0 bridgehead atoms. The smallest absolute Gasteiger partial charge is 0.340 e. The summed E-state index contributed by atoms with van der Waals surface area (Å²) < 4.78 is 32.0. The Bertz CT molecular complexity index is 1110. The molecule has 0 aliphatic carbocycles. The SMILES string of the molecule is COC(=O)c1ccsc1NC(=O)c1cccc(NS(=O)(=O)c2ccccc2)c1. The van der Waals surface area contributed by atoms with Crippen molar-refractivity contribution in [3.8, 4) is 0 Å². The van der Waals surface area contributed by atoms with Crippen molar-refractivity contribution in [2.24, 2.45) is 0 Å².